The maximum absolute atomic E-state index is 13.5. The molecule has 6 aromatic rings. The van der Waals surface area contributed by atoms with Crippen molar-refractivity contribution < 1.29 is 111 Å². The molecule has 1 heterocycles. The standard InChI is InChI=1S/C49H43N4O11S4.2Na/c1-28-23-30(3)48(52-65(54,55)35-15-9-7-10-16-35)32(5)46(28)50-34-21-22-37-41(25-34)64-42-27-40(44(68(61,62)63)26-39(42)45(37)38-19-13-14-20-43(38)67(58,59)60)51-47-29(2)24-31(4)49(33(47)6)53-66(56,57)36-17-11-8-12-18-36;;/h7-20,22-27,50,52-53H,1-6H3,(H,58,59,60)(H,61,62,63);;/q-1;2*+1. The van der Waals surface area contributed by atoms with Crippen molar-refractivity contribution in [3.63, 3.8) is 0 Å². The molecule has 15 nitrogen and oxygen atoms in total. The molecular weight excluding hydrogens is 995 g/mol. The van der Waals surface area contributed by atoms with Crippen LogP contribution in [-0.2, 0) is 40.3 Å². The van der Waals surface area contributed by atoms with Gasteiger partial charge in [-0.25, -0.2) is 30.2 Å². The van der Waals surface area contributed by atoms with Crippen LogP contribution >= 0.6 is 0 Å². The molecule has 0 aromatic heterocycles. The molecule has 0 saturated carbocycles. The Kier molecular flexibility index (Phi) is 16.1. The average Bonchev–Trinajstić information content (AvgIpc) is 3.28. The summed E-state index contributed by atoms with van der Waals surface area (Å²) >= 11 is 0. The van der Waals surface area contributed by atoms with Crippen LogP contribution in [0.3, 0.4) is 0 Å². The molecule has 1 aliphatic heterocycles. The van der Waals surface area contributed by atoms with Crippen molar-refractivity contribution in [1.82, 2.24) is 0 Å². The van der Waals surface area contributed by atoms with Gasteiger partial charge in [0.15, 0.2) is 0 Å². The summed E-state index contributed by atoms with van der Waals surface area (Å²) in [5.41, 5.74) is 5.34. The van der Waals surface area contributed by atoms with Crippen LogP contribution in [0, 0.1) is 47.6 Å². The van der Waals surface area contributed by atoms with Gasteiger partial charge in [0.25, 0.3) is 30.2 Å². The summed E-state index contributed by atoms with van der Waals surface area (Å²) in [5.74, 6) is -0.0302. The average molecular weight is 1040 g/mol. The van der Waals surface area contributed by atoms with Crippen LogP contribution in [0.4, 0.5) is 28.4 Å². The zero-order valence-electron chi connectivity index (χ0n) is 39.2. The largest absolute Gasteiger partial charge is 1.00 e. The number of hydrogen-bond acceptors (Lipinski definition) is 11. The Morgan fingerprint density at radius 2 is 1.10 bits per heavy atom. The molecule has 0 radical (unpaired) electrons. The van der Waals surface area contributed by atoms with E-state index in [1.807, 2.05) is 13.0 Å². The van der Waals surface area contributed by atoms with E-state index in [-0.39, 0.29) is 119 Å². The minimum Gasteiger partial charge on any atom is -0.744 e. The second-order valence-electron chi connectivity index (χ2n) is 16.2. The Bertz CT molecular complexity index is 3870. The first kappa shape index (κ1) is 54.5. The van der Waals surface area contributed by atoms with E-state index < -0.39 is 50.1 Å². The number of sulfonamides is 2. The molecule has 0 fully saturated rings. The summed E-state index contributed by atoms with van der Waals surface area (Å²) in [5, 5.41) is 3.29. The monoisotopic (exact) mass is 1040 g/mol. The molecule has 0 atom stereocenters. The van der Waals surface area contributed by atoms with E-state index in [0.717, 1.165) is 11.6 Å². The SMILES string of the molecule is Cc1cc(C)c(NS(=O)(=O)c2ccccc2)c(C)c1Nc1[c-]cc2c(-c3ccccc3S(=O)(=O)O)c3cc(S(=O)(=O)[O-])c(=[NH+]c4c(C)cc(C)c(NS(=O)(=O)c5ccccc5)c4C)cc-3oc2c1.[Na+].[Na+]. The molecule has 0 bridgehead atoms. The van der Waals surface area contributed by atoms with Crippen molar-refractivity contribution in [1.29, 1.82) is 0 Å². The van der Waals surface area contributed by atoms with Gasteiger partial charge in [0.2, 0.25) is 11.0 Å². The second kappa shape index (κ2) is 20.7. The van der Waals surface area contributed by atoms with Crippen LogP contribution in [0.25, 0.3) is 33.4 Å². The van der Waals surface area contributed by atoms with E-state index in [2.05, 4.69) is 25.8 Å². The number of anilines is 4. The van der Waals surface area contributed by atoms with E-state index in [0.29, 0.717) is 44.9 Å². The normalized spacial score (nSPS) is 12.3. The smallest absolute Gasteiger partial charge is 0.744 e. The molecule has 70 heavy (non-hydrogen) atoms. The van der Waals surface area contributed by atoms with Gasteiger partial charge in [-0.2, -0.15) is 20.6 Å². The van der Waals surface area contributed by atoms with Gasteiger partial charge < -0.3 is 14.3 Å². The van der Waals surface area contributed by atoms with Gasteiger partial charge in [0.05, 0.1) is 27.2 Å². The predicted molar refractivity (Wildman–Crippen MR) is 258 cm³/mol. The minimum absolute atomic E-state index is 0. The van der Waals surface area contributed by atoms with Gasteiger partial charge in [0.1, 0.15) is 25.7 Å². The van der Waals surface area contributed by atoms with Crippen LogP contribution in [0.1, 0.15) is 33.4 Å². The van der Waals surface area contributed by atoms with Crippen LogP contribution in [0.15, 0.2) is 145 Å². The molecule has 21 heteroatoms. The van der Waals surface area contributed by atoms with Crippen molar-refractivity contribution in [2.75, 3.05) is 14.8 Å². The maximum Gasteiger partial charge on any atom is 1.00 e. The molecule has 5 N–H and O–H groups in total. The van der Waals surface area contributed by atoms with Crippen LogP contribution in [0.2, 0.25) is 0 Å². The summed E-state index contributed by atoms with van der Waals surface area (Å²) in [4.78, 5) is 1.89. The van der Waals surface area contributed by atoms with Gasteiger partial charge in [-0.3, -0.25) is 14.0 Å². The molecule has 0 unspecified atom stereocenters. The molecule has 0 amide bonds. The number of rotatable bonds is 12. The van der Waals surface area contributed by atoms with Gasteiger partial charge in [-0.15, -0.1) is 6.07 Å². The first-order valence-corrected chi connectivity index (χ1v) is 26.5. The molecular formula is C49H43N4Na2O11S4+. The summed E-state index contributed by atoms with van der Waals surface area (Å²) in [6.45, 7) is 10.4. The van der Waals surface area contributed by atoms with Crippen molar-refractivity contribution in [2.24, 2.45) is 0 Å². The van der Waals surface area contributed by atoms with Gasteiger partial charge in [0, 0.05) is 28.0 Å². The number of nitrogens with one attached hydrogen (secondary N) is 4. The van der Waals surface area contributed by atoms with Gasteiger partial charge in [-0.1, -0.05) is 77.3 Å². The summed E-state index contributed by atoms with van der Waals surface area (Å²) in [6.07, 6.45) is 0. The first-order chi connectivity index (χ1) is 31.9. The number of fused-ring (bicyclic) bond motifs is 2. The fourth-order valence-corrected chi connectivity index (χ4v) is 12.1. The van der Waals surface area contributed by atoms with Crippen molar-refractivity contribution >= 4 is 79.7 Å². The van der Waals surface area contributed by atoms with Gasteiger partial charge in [-0.05, 0) is 112 Å². The minimum atomic E-state index is -5.32. The fraction of sp³-hybridized carbons (Fsp3) is 0.122. The Labute approximate surface area is 451 Å². The molecule has 2 aliphatic rings. The molecule has 0 spiro atoms. The van der Waals surface area contributed by atoms with Crippen molar-refractivity contribution in [3.8, 4) is 22.5 Å². The van der Waals surface area contributed by atoms with E-state index in [1.165, 1.54) is 60.7 Å². The van der Waals surface area contributed by atoms with Crippen LogP contribution in [0.5, 0.6) is 0 Å². The summed E-state index contributed by atoms with van der Waals surface area (Å²) < 4.78 is 142. The van der Waals surface area contributed by atoms with E-state index >= 15 is 0 Å². The predicted octanol–water partition coefficient (Wildman–Crippen LogP) is 1.67. The Morgan fingerprint density at radius 1 is 0.586 bits per heavy atom. The fourth-order valence-electron chi connectivity index (χ4n) is 8.34. The molecule has 0 saturated heterocycles. The molecule has 350 valence electrons. The first-order valence-electron chi connectivity index (χ1n) is 20.7. The second-order valence-corrected chi connectivity index (χ2v) is 22.3. The number of hydrogen-bond donors (Lipinski definition) is 5. The van der Waals surface area contributed by atoms with E-state index in [4.69, 9.17) is 4.42 Å². The van der Waals surface area contributed by atoms with Crippen molar-refractivity contribution in [2.45, 2.75) is 61.1 Å². The van der Waals surface area contributed by atoms with Gasteiger partial charge >= 0.3 is 59.1 Å². The van der Waals surface area contributed by atoms with Crippen LogP contribution in [-0.4, -0.2) is 42.8 Å². The molecule has 8 rings (SSSR count). The van der Waals surface area contributed by atoms with E-state index in [9.17, 15) is 42.8 Å². The van der Waals surface area contributed by atoms with Crippen LogP contribution < -0.4 is 84.2 Å². The Morgan fingerprint density at radius 3 is 1.66 bits per heavy atom. The van der Waals surface area contributed by atoms with E-state index in [1.54, 1.807) is 83.1 Å². The number of aryl methyl sites for hydroxylation is 4. The molecule has 6 aromatic carbocycles. The summed E-state index contributed by atoms with van der Waals surface area (Å²) in [6, 6.07) is 33.2. The number of benzene rings is 7. The summed E-state index contributed by atoms with van der Waals surface area (Å²) in [7, 11) is -18.3. The Balaban J connectivity index is 0.00000402. The topological polar surface area (TPSA) is 243 Å². The third-order valence-electron chi connectivity index (χ3n) is 11.5. The Hall–Kier alpha value is -4.87. The van der Waals surface area contributed by atoms with Crippen molar-refractivity contribution in [3.05, 3.63) is 166 Å². The molecule has 1 aliphatic carbocycles. The maximum atomic E-state index is 13.5. The third-order valence-corrected chi connectivity index (χ3v) is 16.0. The zero-order chi connectivity index (χ0) is 49.1. The zero-order valence-corrected chi connectivity index (χ0v) is 46.5. The third kappa shape index (κ3) is 11.0. The quantitative estimate of drug-likeness (QED) is 0.0509.